The quantitative estimate of drug-likeness (QED) is 0.140. The highest BCUT2D eigenvalue weighted by Gasteiger charge is 2.48. The number of aromatic nitrogens is 1. The summed E-state index contributed by atoms with van der Waals surface area (Å²) in [5, 5.41) is 0.0813. The van der Waals surface area contributed by atoms with Crippen molar-refractivity contribution in [3.63, 3.8) is 0 Å². The highest BCUT2D eigenvalue weighted by molar-refractivity contribution is 6.29. The maximum atomic E-state index is 13.6. The molecule has 0 spiro atoms. The Morgan fingerprint density at radius 1 is 1.02 bits per heavy atom. The van der Waals surface area contributed by atoms with Crippen molar-refractivity contribution < 1.29 is 50.1 Å². The lowest BCUT2D eigenvalue weighted by Gasteiger charge is -2.29. The van der Waals surface area contributed by atoms with Crippen LogP contribution < -0.4 is 4.74 Å². The number of ether oxygens (including phenoxy) is 3. The van der Waals surface area contributed by atoms with Crippen LogP contribution in [-0.4, -0.2) is 60.7 Å². The molecular weight excluding hydrogens is 666 g/mol. The highest BCUT2D eigenvalue weighted by atomic mass is 35.5. The Labute approximate surface area is 276 Å². The van der Waals surface area contributed by atoms with Gasteiger partial charge in [0.1, 0.15) is 17.0 Å². The number of methoxy groups -OCH3 is 2. The summed E-state index contributed by atoms with van der Waals surface area (Å²) in [6.45, 7) is 3.09. The molecule has 0 N–H and O–H groups in total. The number of benzene rings is 2. The van der Waals surface area contributed by atoms with Gasteiger partial charge in [0.05, 0.1) is 49.6 Å². The number of rotatable bonds is 7. The van der Waals surface area contributed by atoms with E-state index in [0.717, 1.165) is 16.7 Å². The van der Waals surface area contributed by atoms with E-state index < -0.39 is 54.5 Å². The van der Waals surface area contributed by atoms with Crippen molar-refractivity contribution in [1.29, 1.82) is 0 Å². The van der Waals surface area contributed by atoms with Crippen LogP contribution >= 0.6 is 11.6 Å². The largest absolute Gasteiger partial charge is 0.496 e. The molecule has 1 aliphatic heterocycles. The monoisotopic (exact) mass is 694 g/mol. The normalized spacial score (nSPS) is 19.9. The first-order chi connectivity index (χ1) is 22.5. The molecule has 5 rings (SSSR count). The molecular formula is C34H29ClF6N2O5. The third kappa shape index (κ3) is 7.01. The van der Waals surface area contributed by atoms with E-state index in [1.807, 2.05) is 19.1 Å². The van der Waals surface area contributed by atoms with Gasteiger partial charge in [-0.3, -0.25) is 4.90 Å². The Balaban J connectivity index is 1.50. The van der Waals surface area contributed by atoms with Crippen molar-refractivity contribution in [2.45, 2.75) is 51.3 Å². The molecule has 2 aromatic carbocycles. The number of amides is 1. The van der Waals surface area contributed by atoms with Crippen LogP contribution in [0.4, 0.5) is 31.1 Å². The van der Waals surface area contributed by atoms with Crippen molar-refractivity contribution in [2.75, 3.05) is 14.2 Å². The van der Waals surface area contributed by atoms with Crippen molar-refractivity contribution in [2.24, 2.45) is 5.92 Å². The predicted molar refractivity (Wildman–Crippen MR) is 164 cm³/mol. The van der Waals surface area contributed by atoms with Gasteiger partial charge in [-0.1, -0.05) is 29.8 Å². The third-order valence-electron chi connectivity index (χ3n) is 8.39. The molecule has 2 heterocycles. The first kappa shape index (κ1) is 34.8. The molecule has 1 amide bonds. The topological polar surface area (TPSA) is 78.0 Å². The number of nitrogens with zero attached hydrogens (tertiary/aromatic N) is 2. The summed E-state index contributed by atoms with van der Waals surface area (Å²) in [5.41, 5.74) is 2.33. The SMILES string of the molecule is COC(=O)c1ccc(-c2ccc(OC)c(-c3ccc(Cl)nc3CN3C(=O)OC(C4=CC(C(F)(F)F)=CC(C(F)(F)F)C4)C3C)c2)c(C)c1. The molecule has 7 nitrogen and oxygen atoms in total. The second-order valence-electron chi connectivity index (χ2n) is 11.4. The van der Waals surface area contributed by atoms with Crippen molar-refractivity contribution >= 4 is 23.7 Å². The van der Waals surface area contributed by atoms with Gasteiger partial charge in [0.25, 0.3) is 0 Å². The molecule has 14 heteroatoms. The summed E-state index contributed by atoms with van der Waals surface area (Å²) < 4.78 is 97.5. The molecule has 254 valence electrons. The van der Waals surface area contributed by atoms with Crippen molar-refractivity contribution in [3.8, 4) is 28.0 Å². The van der Waals surface area contributed by atoms with Gasteiger partial charge in [-0.2, -0.15) is 26.3 Å². The molecule has 3 aromatic rings. The molecule has 48 heavy (non-hydrogen) atoms. The zero-order valence-electron chi connectivity index (χ0n) is 26.0. The first-order valence-corrected chi connectivity index (χ1v) is 15.0. The van der Waals surface area contributed by atoms with E-state index >= 15 is 0 Å². The van der Waals surface area contributed by atoms with Crippen LogP contribution in [0.1, 0.15) is 35.0 Å². The Kier molecular flexibility index (Phi) is 9.55. The fourth-order valence-corrected chi connectivity index (χ4v) is 6.10. The average molecular weight is 695 g/mol. The van der Waals surface area contributed by atoms with E-state index in [1.54, 1.807) is 30.3 Å². The van der Waals surface area contributed by atoms with Gasteiger partial charge in [-0.15, -0.1) is 0 Å². The Morgan fingerprint density at radius 2 is 1.73 bits per heavy atom. The number of allylic oxidation sites excluding steroid dienone is 3. The lowest BCUT2D eigenvalue weighted by Crippen LogP contribution is -2.36. The maximum absolute atomic E-state index is 13.6. The number of pyridine rings is 1. The summed E-state index contributed by atoms with van der Waals surface area (Å²) in [6, 6.07) is 12.7. The number of esters is 1. The van der Waals surface area contributed by atoms with E-state index in [0.29, 0.717) is 28.5 Å². The second kappa shape index (κ2) is 13.2. The molecule has 3 unspecified atom stereocenters. The number of hydrogen-bond donors (Lipinski definition) is 0. The Bertz CT molecular complexity index is 1820. The van der Waals surface area contributed by atoms with Gasteiger partial charge in [-0.25, -0.2) is 14.6 Å². The maximum Gasteiger partial charge on any atom is 0.416 e. The van der Waals surface area contributed by atoms with E-state index in [2.05, 4.69) is 4.98 Å². The van der Waals surface area contributed by atoms with Crippen LogP contribution in [0.15, 0.2) is 71.8 Å². The summed E-state index contributed by atoms with van der Waals surface area (Å²) in [4.78, 5) is 30.8. The number of hydrogen-bond acceptors (Lipinski definition) is 6. The summed E-state index contributed by atoms with van der Waals surface area (Å²) in [6.07, 6.45) is -12.3. The van der Waals surface area contributed by atoms with Gasteiger partial charge in [-0.05, 0) is 85.0 Å². The summed E-state index contributed by atoms with van der Waals surface area (Å²) >= 11 is 6.26. The standard InChI is InChI=1S/C34H29ClF6N2O5/c1-17-11-20(31(44)47-4)5-7-24(17)19-6-9-28(46-3)26(14-19)25-8-10-29(35)42-27(25)16-43-18(2)30(48-32(43)45)21-12-22(33(36,37)38)15-23(13-21)34(39,40)41/h5-12,14-15,18,23,30H,13,16H2,1-4H3. The zero-order valence-corrected chi connectivity index (χ0v) is 26.8. The minimum absolute atomic E-state index is 0.0813. The lowest BCUT2D eigenvalue weighted by molar-refractivity contribution is -0.163. The number of cyclic esters (lactones) is 1. The van der Waals surface area contributed by atoms with Crippen LogP contribution in [0.5, 0.6) is 5.75 Å². The number of alkyl halides is 6. The number of halogens is 7. The third-order valence-corrected chi connectivity index (χ3v) is 8.60. The van der Waals surface area contributed by atoms with Gasteiger partial charge in [0.2, 0.25) is 0 Å². The van der Waals surface area contributed by atoms with Crippen molar-refractivity contribution in [3.05, 3.63) is 93.8 Å². The van der Waals surface area contributed by atoms with Crippen LogP contribution in [0.3, 0.4) is 0 Å². The van der Waals surface area contributed by atoms with E-state index in [9.17, 15) is 35.9 Å². The van der Waals surface area contributed by atoms with Gasteiger partial charge in [0.15, 0.2) is 0 Å². The Morgan fingerprint density at radius 3 is 2.35 bits per heavy atom. The van der Waals surface area contributed by atoms with E-state index in [1.165, 1.54) is 32.1 Å². The van der Waals surface area contributed by atoms with Gasteiger partial charge >= 0.3 is 24.4 Å². The summed E-state index contributed by atoms with van der Waals surface area (Å²) in [7, 11) is 2.76. The highest BCUT2D eigenvalue weighted by Crippen LogP contribution is 2.44. The predicted octanol–water partition coefficient (Wildman–Crippen LogP) is 8.88. The van der Waals surface area contributed by atoms with Crippen LogP contribution in [-0.2, 0) is 16.0 Å². The molecule has 0 radical (unpaired) electrons. The van der Waals surface area contributed by atoms with Gasteiger partial charge < -0.3 is 14.2 Å². The van der Waals surface area contributed by atoms with E-state index in [-0.39, 0.29) is 29.0 Å². The van der Waals surface area contributed by atoms with Crippen LogP contribution in [0.25, 0.3) is 22.3 Å². The molecule has 1 aromatic heterocycles. The minimum atomic E-state index is -5.03. The van der Waals surface area contributed by atoms with Crippen LogP contribution in [0, 0.1) is 12.8 Å². The van der Waals surface area contributed by atoms with Crippen molar-refractivity contribution in [1.82, 2.24) is 9.88 Å². The van der Waals surface area contributed by atoms with Gasteiger partial charge in [0, 0.05) is 11.1 Å². The molecule has 0 saturated carbocycles. The van der Waals surface area contributed by atoms with Crippen LogP contribution in [0.2, 0.25) is 5.15 Å². The smallest absolute Gasteiger partial charge is 0.416 e. The summed E-state index contributed by atoms with van der Waals surface area (Å²) in [5.74, 6) is -2.43. The Hall–Kier alpha value is -4.52. The molecule has 2 aliphatic rings. The zero-order chi connectivity index (χ0) is 35.1. The fraction of sp³-hybridized carbons (Fsp3) is 0.324. The molecule has 0 bridgehead atoms. The lowest BCUT2D eigenvalue weighted by atomic mass is 9.85. The average Bonchev–Trinajstić information content (AvgIpc) is 3.31. The minimum Gasteiger partial charge on any atom is -0.496 e. The number of carbonyl (C=O) groups excluding carboxylic acids is 2. The van der Waals surface area contributed by atoms with E-state index in [4.69, 9.17) is 25.8 Å². The first-order valence-electron chi connectivity index (χ1n) is 14.6. The molecule has 1 saturated heterocycles. The number of carbonyl (C=O) groups is 2. The molecule has 3 atom stereocenters. The number of aryl methyl sites for hydroxylation is 1. The molecule has 1 fully saturated rings. The molecule has 1 aliphatic carbocycles. The second-order valence-corrected chi connectivity index (χ2v) is 11.8. The fourth-order valence-electron chi connectivity index (χ4n) is 5.94.